The van der Waals surface area contributed by atoms with Crippen LogP contribution in [0.4, 0.5) is 10.5 Å². The average Bonchev–Trinajstić information content (AvgIpc) is 2.40. The van der Waals surface area contributed by atoms with E-state index in [1.54, 1.807) is 24.1 Å². The number of carbonyl (C=O) groups is 2. The summed E-state index contributed by atoms with van der Waals surface area (Å²) in [6.45, 7) is 2.74. The van der Waals surface area contributed by atoms with E-state index in [4.69, 9.17) is 5.11 Å². The summed E-state index contributed by atoms with van der Waals surface area (Å²) in [6.07, 6.45) is 3.08. The molecule has 0 aromatic heterocycles. The van der Waals surface area contributed by atoms with Crippen LogP contribution >= 0.6 is 15.9 Å². The highest BCUT2D eigenvalue weighted by Gasteiger charge is 2.16. The molecule has 0 aliphatic heterocycles. The molecular formula is C14H19BrN2O3. The summed E-state index contributed by atoms with van der Waals surface area (Å²) < 4.78 is 0.549. The standard InChI is InChI=1S/C14H19BrN2O3/c1-3-4-5-9-17(2)14(20)16-12-10(13(18)19)7-6-8-11(12)15/h6-8H,3-5,9H2,1-2H3,(H,16,20)(H,18,19). The molecule has 0 fully saturated rings. The van der Waals surface area contributed by atoms with Crippen LogP contribution in [0.2, 0.25) is 0 Å². The molecule has 1 aromatic carbocycles. The van der Waals surface area contributed by atoms with Crippen molar-refractivity contribution >= 4 is 33.6 Å². The molecule has 110 valence electrons. The number of rotatable bonds is 6. The highest BCUT2D eigenvalue weighted by molar-refractivity contribution is 9.10. The van der Waals surface area contributed by atoms with Gasteiger partial charge in [-0.25, -0.2) is 9.59 Å². The number of carbonyl (C=O) groups excluding carboxylic acids is 1. The molecular weight excluding hydrogens is 324 g/mol. The minimum absolute atomic E-state index is 0.0645. The Morgan fingerprint density at radius 2 is 2.05 bits per heavy atom. The van der Waals surface area contributed by atoms with Crippen LogP contribution < -0.4 is 5.32 Å². The summed E-state index contributed by atoms with van der Waals surface area (Å²) in [7, 11) is 1.70. The molecule has 2 N–H and O–H groups in total. The Hall–Kier alpha value is -1.56. The predicted octanol–water partition coefficient (Wildman–Crippen LogP) is 3.80. The fourth-order valence-electron chi connectivity index (χ4n) is 1.73. The van der Waals surface area contributed by atoms with Gasteiger partial charge in [0.15, 0.2) is 0 Å². The molecule has 0 atom stereocenters. The normalized spacial score (nSPS) is 10.2. The van der Waals surface area contributed by atoms with Gasteiger partial charge in [0, 0.05) is 18.1 Å². The van der Waals surface area contributed by atoms with E-state index < -0.39 is 5.97 Å². The Balaban J connectivity index is 2.77. The van der Waals surface area contributed by atoms with Crippen LogP contribution in [-0.2, 0) is 0 Å². The predicted molar refractivity (Wildman–Crippen MR) is 82.3 cm³/mol. The number of hydrogen-bond donors (Lipinski definition) is 2. The van der Waals surface area contributed by atoms with Gasteiger partial charge in [0.25, 0.3) is 0 Å². The molecule has 0 unspecified atom stereocenters. The Morgan fingerprint density at radius 3 is 2.65 bits per heavy atom. The number of carboxylic acids is 1. The molecule has 0 bridgehead atoms. The molecule has 0 aliphatic rings. The van der Waals surface area contributed by atoms with Gasteiger partial charge in [-0.05, 0) is 34.5 Å². The van der Waals surface area contributed by atoms with Crippen molar-refractivity contribution in [1.29, 1.82) is 0 Å². The van der Waals surface area contributed by atoms with E-state index in [1.165, 1.54) is 6.07 Å². The van der Waals surface area contributed by atoms with Crippen LogP contribution in [0.5, 0.6) is 0 Å². The summed E-state index contributed by atoms with van der Waals surface area (Å²) >= 11 is 3.26. The number of nitrogens with zero attached hydrogens (tertiary/aromatic N) is 1. The molecule has 0 saturated carbocycles. The largest absolute Gasteiger partial charge is 0.478 e. The third kappa shape index (κ3) is 4.52. The third-order valence-electron chi connectivity index (χ3n) is 2.92. The van der Waals surface area contributed by atoms with Crippen molar-refractivity contribution in [2.75, 3.05) is 18.9 Å². The maximum Gasteiger partial charge on any atom is 0.337 e. The second kappa shape index (κ2) is 7.89. The van der Waals surface area contributed by atoms with E-state index in [2.05, 4.69) is 28.2 Å². The van der Waals surface area contributed by atoms with Crippen molar-refractivity contribution < 1.29 is 14.7 Å². The number of amides is 2. The number of para-hydroxylation sites is 1. The summed E-state index contributed by atoms with van der Waals surface area (Å²) in [5.74, 6) is -1.07. The second-order valence-corrected chi connectivity index (χ2v) is 5.38. The molecule has 6 heteroatoms. The van der Waals surface area contributed by atoms with E-state index in [-0.39, 0.29) is 17.3 Å². The smallest absolute Gasteiger partial charge is 0.337 e. The maximum absolute atomic E-state index is 12.0. The minimum Gasteiger partial charge on any atom is -0.478 e. The number of anilines is 1. The Kier molecular flexibility index (Phi) is 6.51. The fraction of sp³-hybridized carbons (Fsp3) is 0.429. The molecule has 0 saturated heterocycles. The maximum atomic E-state index is 12.0. The summed E-state index contributed by atoms with van der Waals surface area (Å²) in [5, 5.41) is 11.8. The van der Waals surface area contributed by atoms with E-state index >= 15 is 0 Å². The molecule has 1 aromatic rings. The lowest BCUT2D eigenvalue weighted by Gasteiger charge is -2.19. The van der Waals surface area contributed by atoms with Gasteiger partial charge in [0.05, 0.1) is 11.3 Å². The van der Waals surface area contributed by atoms with Gasteiger partial charge < -0.3 is 15.3 Å². The zero-order valence-corrected chi connectivity index (χ0v) is 13.2. The van der Waals surface area contributed by atoms with E-state index in [9.17, 15) is 9.59 Å². The van der Waals surface area contributed by atoms with Crippen molar-refractivity contribution in [3.8, 4) is 0 Å². The van der Waals surface area contributed by atoms with Crippen molar-refractivity contribution in [2.24, 2.45) is 0 Å². The average molecular weight is 343 g/mol. The lowest BCUT2D eigenvalue weighted by Crippen LogP contribution is -2.32. The van der Waals surface area contributed by atoms with Crippen molar-refractivity contribution in [3.63, 3.8) is 0 Å². The zero-order chi connectivity index (χ0) is 15.1. The zero-order valence-electron chi connectivity index (χ0n) is 11.6. The van der Waals surface area contributed by atoms with Gasteiger partial charge >= 0.3 is 12.0 Å². The van der Waals surface area contributed by atoms with E-state index in [0.717, 1.165) is 19.3 Å². The highest BCUT2D eigenvalue weighted by Crippen LogP contribution is 2.26. The van der Waals surface area contributed by atoms with Gasteiger partial charge in [-0.3, -0.25) is 0 Å². The summed E-state index contributed by atoms with van der Waals surface area (Å²) in [4.78, 5) is 24.7. The Bertz CT molecular complexity index is 491. The number of aromatic carboxylic acids is 1. The van der Waals surface area contributed by atoms with Crippen LogP contribution in [-0.4, -0.2) is 35.6 Å². The Labute approximate surface area is 127 Å². The molecule has 0 radical (unpaired) electrons. The molecule has 0 heterocycles. The topological polar surface area (TPSA) is 69.6 Å². The first-order chi connectivity index (χ1) is 9.47. The third-order valence-corrected chi connectivity index (χ3v) is 3.58. The number of urea groups is 1. The van der Waals surface area contributed by atoms with Crippen LogP contribution in [0.3, 0.4) is 0 Å². The fourth-order valence-corrected chi connectivity index (χ4v) is 2.20. The quantitative estimate of drug-likeness (QED) is 0.772. The number of hydrogen-bond acceptors (Lipinski definition) is 2. The summed E-state index contributed by atoms with van der Waals surface area (Å²) in [6, 6.07) is 4.46. The molecule has 2 amide bonds. The van der Waals surface area contributed by atoms with Gasteiger partial charge in [-0.15, -0.1) is 0 Å². The molecule has 20 heavy (non-hydrogen) atoms. The Morgan fingerprint density at radius 1 is 1.35 bits per heavy atom. The number of halogens is 1. The molecule has 0 aliphatic carbocycles. The lowest BCUT2D eigenvalue weighted by molar-refractivity contribution is 0.0698. The van der Waals surface area contributed by atoms with Crippen LogP contribution in [0.25, 0.3) is 0 Å². The van der Waals surface area contributed by atoms with Gasteiger partial charge in [-0.2, -0.15) is 0 Å². The first-order valence-electron chi connectivity index (χ1n) is 6.51. The monoisotopic (exact) mass is 342 g/mol. The van der Waals surface area contributed by atoms with E-state index in [0.29, 0.717) is 11.0 Å². The van der Waals surface area contributed by atoms with Crippen LogP contribution in [0.15, 0.2) is 22.7 Å². The lowest BCUT2D eigenvalue weighted by atomic mass is 10.2. The number of nitrogens with one attached hydrogen (secondary N) is 1. The van der Waals surface area contributed by atoms with Crippen molar-refractivity contribution in [1.82, 2.24) is 4.90 Å². The molecule has 0 spiro atoms. The number of carboxylic acid groups (broad SMARTS) is 1. The number of benzene rings is 1. The number of unbranched alkanes of at least 4 members (excludes halogenated alkanes) is 2. The minimum atomic E-state index is -1.07. The van der Waals surface area contributed by atoms with Gasteiger partial charge in [0.2, 0.25) is 0 Å². The van der Waals surface area contributed by atoms with Gasteiger partial charge in [-0.1, -0.05) is 25.8 Å². The molecule has 1 rings (SSSR count). The van der Waals surface area contributed by atoms with E-state index in [1.807, 2.05) is 0 Å². The van der Waals surface area contributed by atoms with Crippen molar-refractivity contribution in [3.05, 3.63) is 28.2 Å². The summed E-state index contributed by atoms with van der Waals surface area (Å²) in [5.41, 5.74) is 0.349. The SMILES string of the molecule is CCCCCN(C)C(=O)Nc1c(Br)cccc1C(=O)O. The van der Waals surface area contributed by atoms with Gasteiger partial charge in [0.1, 0.15) is 0 Å². The van der Waals surface area contributed by atoms with Crippen molar-refractivity contribution in [2.45, 2.75) is 26.2 Å². The molecule has 5 nitrogen and oxygen atoms in total. The first kappa shape index (κ1) is 16.5. The second-order valence-electron chi connectivity index (χ2n) is 4.53. The van der Waals surface area contributed by atoms with Crippen LogP contribution in [0.1, 0.15) is 36.5 Å². The first-order valence-corrected chi connectivity index (χ1v) is 7.30. The van der Waals surface area contributed by atoms with Crippen LogP contribution in [0, 0.1) is 0 Å². The highest BCUT2D eigenvalue weighted by atomic mass is 79.9.